The van der Waals surface area contributed by atoms with E-state index < -0.39 is 32.6 Å². The summed E-state index contributed by atoms with van der Waals surface area (Å²) in [5.41, 5.74) is -1.43. The van der Waals surface area contributed by atoms with Crippen molar-refractivity contribution in [3.8, 4) is 0 Å². The molecule has 9 heteroatoms. The molecule has 0 fully saturated rings. The number of nitrogens with one attached hydrogen (secondary N) is 1. The van der Waals surface area contributed by atoms with Crippen LogP contribution < -0.4 is 4.72 Å². The van der Waals surface area contributed by atoms with Crippen LogP contribution in [0.25, 0.3) is 0 Å². The maximum Gasteiger partial charge on any atom is 0.417 e. The number of hydrogen-bond acceptors (Lipinski definition) is 3. The molecular formula is C12H8F4N2O2S. The number of nitrogens with zero attached hydrogens (tertiary/aromatic N) is 1. The molecule has 21 heavy (non-hydrogen) atoms. The van der Waals surface area contributed by atoms with Crippen LogP contribution in [0.3, 0.4) is 0 Å². The maximum absolute atomic E-state index is 12.8. The predicted molar refractivity (Wildman–Crippen MR) is 66.4 cm³/mol. The molecule has 0 spiro atoms. The van der Waals surface area contributed by atoms with Gasteiger partial charge in [-0.3, -0.25) is 4.72 Å². The van der Waals surface area contributed by atoms with Crippen molar-refractivity contribution in [1.82, 2.24) is 4.98 Å². The van der Waals surface area contributed by atoms with E-state index in [2.05, 4.69) is 4.98 Å². The van der Waals surface area contributed by atoms with E-state index in [4.69, 9.17) is 0 Å². The number of anilines is 1. The van der Waals surface area contributed by atoms with E-state index in [9.17, 15) is 26.0 Å². The van der Waals surface area contributed by atoms with E-state index in [0.29, 0.717) is 6.07 Å². The highest BCUT2D eigenvalue weighted by Gasteiger charge is 2.36. The minimum atomic E-state index is -4.81. The zero-order valence-electron chi connectivity index (χ0n) is 10.2. The molecule has 0 unspecified atom stereocenters. The van der Waals surface area contributed by atoms with E-state index in [1.54, 1.807) is 0 Å². The monoisotopic (exact) mass is 320 g/mol. The second-order valence-corrected chi connectivity index (χ2v) is 5.62. The van der Waals surface area contributed by atoms with Gasteiger partial charge in [0.15, 0.2) is 0 Å². The summed E-state index contributed by atoms with van der Waals surface area (Å²) in [6, 6.07) is 5.69. The van der Waals surface area contributed by atoms with Crippen LogP contribution in [-0.4, -0.2) is 13.4 Å². The van der Waals surface area contributed by atoms with Crippen molar-refractivity contribution in [2.45, 2.75) is 11.1 Å². The van der Waals surface area contributed by atoms with Gasteiger partial charge in [0, 0.05) is 0 Å². The van der Waals surface area contributed by atoms with E-state index in [-0.39, 0.29) is 5.69 Å². The Balaban J connectivity index is 2.43. The Morgan fingerprint density at radius 3 is 2.29 bits per heavy atom. The molecule has 2 aromatic rings. The Labute approximate surface area is 117 Å². The number of aromatic nitrogens is 1. The van der Waals surface area contributed by atoms with Crippen molar-refractivity contribution in [3.05, 3.63) is 54.1 Å². The first kappa shape index (κ1) is 15.2. The average Bonchev–Trinajstić information content (AvgIpc) is 2.40. The quantitative estimate of drug-likeness (QED) is 0.698. The molecule has 1 aromatic carbocycles. The number of hydrogen-bond donors (Lipinski definition) is 1. The summed E-state index contributed by atoms with van der Waals surface area (Å²) < 4.78 is 77.0. The molecule has 0 aliphatic heterocycles. The minimum Gasteiger partial charge on any atom is -0.278 e. The molecule has 2 rings (SSSR count). The van der Waals surface area contributed by atoms with Gasteiger partial charge in [0.25, 0.3) is 10.0 Å². The van der Waals surface area contributed by atoms with Crippen molar-refractivity contribution in [2.24, 2.45) is 0 Å². The highest BCUT2D eigenvalue weighted by atomic mass is 32.2. The number of rotatable bonds is 3. The largest absolute Gasteiger partial charge is 0.417 e. The number of halogens is 4. The lowest BCUT2D eigenvalue weighted by molar-refractivity contribution is -0.139. The molecule has 0 radical (unpaired) electrons. The summed E-state index contributed by atoms with van der Waals surface area (Å²) in [5, 5.41) is 0. The van der Waals surface area contributed by atoms with Crippen molar-refractivity contribution >= 4 is 15.7 Å². The van der Waals surface area contributed by atoms with Gasteiger partial charge in [0.05, 0.1) is 22.3 Å². The third kappa shape index (κ3) is 3.48. The second-order valence-electron chi connectivity index (χ2n) is 3.97. The van der Waals surface area contributed by atoms with Crippen molar-refractivity contribution in [2.75, 3.05) is 4.72 Å². The van der Waals surface area contributed by atoms with E-state index in [1.807, 2.05) is 4.72 Å². The van der Waals surface area contributed by atoms with Gasteiger partial charge in [-0.15, -0.1) is 0 Å². The molecule has 0 atom stereocenters. The fraction of sp³-hybridized carbons (Fsp3) is 0.0833. The van der Waals surface area contributed by atoms with Gasteiger partial charge in [-0.05, 0) is 24.3 Å². The van der Waals surface area contributed by atoms with E-state index >= 15 is 0 Å². The third-order valence-corrected chi connectivity index (χ3v) is 3.90. The van der Waals surface area contributed by atoms with Gasteiger partial charge < -0.3 is 0 Å². The van der Waals surface area contributed by atoms with Crippen molar-refractivity contribution < 1.29 is 26.0 Å². The molecule has 0 aliphatic rings. The Kier molecular flexibility index (Phi) is 3.86. The van der Waals surface area contributed by atoms with Crippen LogP contribution in [0.15, 0.2) is 47.5 Å². The van der Waals surface area contributed by atoms with E-state index in [0.717, 1.165) is 30.5 Å². The molecule has 4 nitrogen and oxygen atoms in total. The molecule has 1 heterocycles. The minimum absolute atomic E-state index is 0.145. The van der Waals surface area contributed by atoms with Crippen LogP contribution in [0.2, 0.25) is 0 Å². The van der Waals surface area contributed by atoms with Crippen LogP contribution in [0.1, 0.15) is 5.56 Å². The highest BCUT2D eigenvalue weighted by molar-refractivity contribution is 7.92. The van der Waals surface area contributed by atoms with Crippen LogP contribution in [0, 0.1) is 5.95 Å². The first-order valence-corrected chi connectivity index (χ1v) is 6.99. The van der Waals surface area contributed by atoms with Gasteiger partial charge >= 0.3 is 6.18 Å². The summed E-state index contributed by atoms with van der Waals surface area (Å²) in [7, 11) is -4.47. The maximum atomic E-state index is 12.8. The lowest BCUT2D eigenvalue weighted by Gasteiger charge is -2.14. The summed E-state index contributed by atoms with van der Waals surface area (Å²) >= 11 is 0. The van der Waals surface area contributed by atoms with E-state index in [1.165, 1.54) is 6.07 Å². The molecule has 0 bridgehead atoms. The average molecular weight is 320 g/mol. The summed E-state index contributed by atoms with van der Waals surface area (Å²) in [5.74, 6) is -0.839. The second kappa shape index (κ2) is 5.32. The lowest BCUT2D eigenvalue weighted by Crippen LogP contribution is -2.19. The van der Waals surface area contributed by atoms with Crippen molar-refractivity contribution in [1.29, 1.82) is 0 Å². The molecular weight excluding hydrogens is 312 g/mol. The summed E-state index contributed by atoms with van der Waals surface area (Å²) in [6.07, 6.45) is -3.95. The van der Waals surface area contributed by atoms with Crippen LogP contribution >= 0.6 is 0 Å². The third-order valence-electron chi connectivity index (χ3n) is 2.46. The normalized spacial score (nSPS) is 12.2. The van der Waals surface area contributed by atoms with Gasteiger partial charge in [-0.2, -0.15) is 17.6 Å². The number of benzene rings is 1. The van der Waals surface area contributed by atoms with Gasteiger partial charge in [-0.25, -0.2) is 13.4 Å². The standard InChI is InChI=1S/C12H8F4N2O2S/c13-11-6-5-8(7-17-11)18-21(19,20)10-4-2-1-3-9(10)12(14,15)16/h1-7,18H. The van der Waals surface area contributed by atoms with Crippen molar-refractivity contribution in [3.63, 3.8) is 0 Å². The molecule has 0 amide bonds. The van der Waals surface area contributed by atoms with Crippen LogP contribution in [0.4, 0.5) is 23.2 Å². The number of alkyl halides is 3. The lowest BCUT2D eigenvalue weighted by atomic mass is 10.2. The van der Waals surface area contributed by atoms with Crippen LogP contribution in [-0.2, 0) is 16.2 Å². The van der Waals surface area contributed by atoms with Gasteiger partial charge in [-0.1, -0.05) is 12.1 Å². The highest BCUT2D eigenvalue weighted by Crippen LogP contribution is 2.34. The smallest absolute Gasteiger partial charge is 0.278 e. The topological polar surface area (TPSA) is 59.1 Å². The Morgan fingerprint density at radius 2 is 1.71 bits per heavy atom. The number of pyridine rings is 1. The fourth-order valence-corrected chi connectivity index (χ4v) is 2.85. The molecule has 1 N–H and O–H groups in total. The Bertz CT molecular complexity index is 743. The summed E-state index contributed by atoms with van der Waals surface area (Å²) in [4.78, 5) is 2.30. The molecule has 0 saturated heterocycles. The molecule has 1 aromatic heterocycles. The zero-order chi connectivity index (χ0) is 15.7. The Hall–Kier alpha value is -2.16. The van der Waals surface area contributed by atoms with Gasteiger partial charge in [0.1, 0.15) is 0 Å². The zero-order valence-corrected chi connectivity index (χ0v) is 11.0. The van der Waals surface area contributed by atoms with Crippen LogP contribution in [0.5, 0.6) is 0 Å². The molecule has 0 aliphatic carbocycles. The molecule has 112 valence electrons. The first-order valence-electron chi connectivity index (χ1n) is 5.51. The Morgan fingerprint density at radius 1 is 1.05 bits per heavy atom. The summed E-state index contributed by atoms with van der Waals surface area (Å²) in [6.45, 7) is 0. The number of sulfonamides is 1. The van der Waals surface area contributed by atoms with Gasteiger partial charge in [0.2, 0.25) is 5.95 Å². The fourth-order valence-electron chi connectivity index (χ4n) is 1.58. The molecule has 0 saturated carbocycles. The first-order chi connectivity index (χ1) is 9.70. The predicted octanol–water partition coefficient (Wildman–Crippen LogP) is 3.04. The SMILES string of the molecule is O=S(=O)(Nc1ccc(F)nc1)c1ccccc1C(F)(F)F.